The average Bonchev–Trinajstić information content (AvgIpc) is 3.02. The molecule has 1 aromatic carbocycles. The van der Waals surface area contributed by atoms with Gasteiger partial charge >= 0.3 is 0 Å². The number of likely N-dealkylation sites (tertiary alicyclic amines) is 1. The van der Waals surface area contributed by atoms with Gasteiger partial charge in [-0.05, 0) is 24.3 Å². The molecule has 4 nitrogen and oxygen atoms in total. The summed E-state index contributed by atoms with van der Waals surface area (Å²) in [5, 5.41) is 3.08. The average molecular weight is 416 g/mol. The van der Waals surface area contributed by atoms with Gasteiger partial charge in [0.25, 0.3) is 0 Å². The summed E-state index contributed by atoms with van der Waals surface area (Å²) >= 11 is 1.63. The van der Waals surface area contributed by atoms with E-state index >= 15 is 0 Å². The lowest BCUT2D eigenvalue weighted by atomic mass is 9.92. The standard InChI is InChI=1S/C19H25N3OS.2ClH/c1-14-7-8-22(17(9-14)12-20)19(23)11-16-13-24-18(21-16)10-15-5-3-2-4-6-15;;/h2-6,13-14,17H,7-12,20H2,1H3;2*1H. The number of carbonyl (C=O) groups is 1. The summed E-state index contributed by atoms with van der Waals surface area (Å²) in [7, 11) is 0. The molecule has 2 aromatic rings. The van der Waals surface area contributed by atoms with E-state index in [0.717, 1.165) is 36.5 Å². The number of rotatable bonds is 5. The van der Waals surface area contributed by atoms with Gasteiger partial charge in [-0.3, -0.25) is 4.79 Å². The largest absolute Gasteiger partial charge is 0.338 e. The summed E-state index contributed by atoms with van der Waals surface area (Å²) in [6.45, 7) is 3.61. The summed E-state index contributed by atoms with van der Waals surface area (Å²) in [6.07, 6.45) is 3.29. The maximum Gasteiger partial charge on any atom is 0.228 e. The van der Waals surface area contributed by atoms with Crippen molar-refractivity contribution in [3.05, 3.63) is 52.0 Å². The van der Waals surface area contributed by atoms with Gasteiger partial charge in [-0.2, -0.15) is 0 Å². The van der Waals surface area contributed by atoms with Crippen molar-refractivity contribution in [2.45, 2.75) is 38.6 Å². The molecule has 0 spiro atoms. The third-order valence-electron chi connectivity index (χ3n) is 4.70. The molecule has 2 unspecified atom stereocenters. The quantitative estimate of drug-likeness (QED) is 0.809. The van der Waals surface area contributed by atoms with Crippen LogP contribution >= 0.6 is 36.2 Å². The molecule has 1 aliphatic heterocycles. The first-order valence-electron chi connectivity index (χ1n) is 8.62. The van der Waals surface area contributed by atoms with E-state index in [2.05, 4.69) is 24.0 Å². The van der Waals surface area contributed by atoms with Crippen LogP contribution in [-0.2, 0) is 17.6 Å². The zero-order chi connectivity index (χ0) is 16.9. The monoisotopic (exact) mass is 415 g/mol. The molecule has 7 heteroatoms. The van der Waals surface area contributed by atoms with Crippen LogP contribution in [0.2, 0.25) is 0 Å². The van der Waals surface area contributed by atoms with E-state index in [-0.39, 0.29) is 36.8 Å². The van der Waals surface area contributed by atoms with Crippen LogP contribution in [-0.4, -0.2) is 34.9 Å². The number of piperidine rings is 1. The van der Waals surface area contributed by atoms with Crippen LogP contribution in [0.1, 0.15) is 36.0 Å². The molecule has 144 valence electrons. The first-order chi connectivity index (χ1) is 11.7. The smallest absolute Gasteiger partial charge is 0.228 e. The van der Waals surface area contributed by atoms with Gasteiger partial charge in [0, 0.05) is 30.9 Å². The minimum atomic E-state index is 0. The predicted octanol–water partition coefficient (Wildman–Crippen LogP) is 3.71. The minimum Gasteiger partial charge on any atom is -0.338 e. The molecule has 1 amide bonds. The molecule has 0 radical (unpaired) electrons. The van der Waals surface area contributed by atoms with Crippen molar-refractivity contribution in [3.63, 3.8) is 0 Å². The molecular weight excluding hydrogens is 389 g/mol. The number of amides is 1. The Bertz CT molecular complexity index is 680. The third kappa shape index (κ3) is 5.95. The van der Waals surface area contributed by atoms with Crippen molar-refractivity contribution in [1.82, 2.24) is 9.88 Å². The number of thiazole rings is 1. The normalized spacial score (nSPS) is 19.4. The van der Waals surface area contributed by atoms with Gasteiger partial charge in [0.2, 0.25) is 5.91 Å². The van der Waals surface area contributed by atoms with E-state index in [4.69, 9.17) is 5.73 Å². The van der Waals surface area contributed by atoms with E-state index in [1.807, 2.05) is 28.5 Å². The highest BCUT2D eigenvalue weighted by atomic mass is 35.5. The lowest BCUT2D eigenvalue weighted by Gasteiger charge is -2.38. The maximum atomic E-state index is 12.6. The zero-order valence-electron chi connectivity index (χ0n) is 15.0. The number of aromatic nitrogens is 1. The van der Waals surface area contributed by atoms with Crippen molar-refractivity contribution in [1.29, 1.82) is 0 Å². The Morgan fingerprint density at radius 1 is 1.31 bits per heavy atom. The third-order valence-corrected chi connectivity index (χ3v) is 5.60. The summed E-state index contributed by atoms with van der Waals surface area (Å²) in [4.78, 5) is 19.3. The van der Waals surface area contributed by atoms with Crippen LogP contribution in [0.25, 0.3) is 0 Å². The Hall–Kier alpha value is -1.14. The number of nitrogens with zero attached hydrogens (tertiary/aromatic N) is 2. The van der Waals surface area contributed by atoms with E-state index in [9.17, 15) is 4.79 Å². The molecule has 1 aliphatic rings. The number of nitrogens with two attached hydrogens (primary N) is 1. The van der Waals surface area contributed by atoms with Crippen molar-refractivity contribution in [2.75, 3.05) is 13.1 Å². The molecule has 2 N–H and O–H groups in total. The molecule has 2 atom stereocenters. The SMILES string of the molecule is CC1CCN(C(=O)Cc2csc(Cc3ccccc3)n2)C(CN)C1.Cl.Cl. The van der Waals surface area contributed by atoms with Gasteiger partial charge < -0.3 is 10.6 Å². The second-order valence-corrected chi connectivity index (χ2v) is 7.62. The van der Waals surface area contributed by atoms with Crippen molar-refractivity contribution >= 4 is 42.1 Å². The number of benzene rings is 1. The van der Waals surface area contributed by atoms with Crippen molar-refractivity contribution in [3.8, 4) is 0 Å². The van der Waals surface area contributed by atoms with E-state index in [1.54, 1.807) is 11.3 Å². The first-order valence-corrected chi connectivity index (χ1v) is 9.50. The Labute approximate surface area is 172 Å². The molecule has 1 aromatic heterocycles. The highest BCUT2D eigenvalue weighted by molar-refractivity contribution is 7.09. The van der Waals surface area contributed by atoms with Crippen LogP contribution in [0.15, 0.2) is 35.7 Å². The summed E-state index contributed by atoms with van der Waals surface area (Å²) in [6, 6.07) is 10.5. The van der Waals surface area contributed by atoms with Crippen molar-refractivity contribution < 1.29 is 4.79 Å². The summed E-state index contributed by atoms with van der Waals surface area (Å²) in [5.74, 6) is 0.813. The number of carbonyl (C=O) groups excluding carboxylic acids is 1. The predicted molar refractivity (Wildman–Crippen MR) is 113 cm³/mol. The van der Waals surface area contributed by atoms with Crippen LogP contribution in [0.5, 0.6) is 0 Å². The molecular formula is C19H27Cl2N3OS. The van der Waals surface area contributed by atoms with Crippen molar-refractivity contribution in [2.24, 2.45) is 11.7 Å². The topological polar surface area (TPSA) is 59.2 Å². The Balaban J connectivity index is 0.00000169. The number of halogens is 2. The first kappa shape index (κ1) is 22.9. The lowest BCUT2D eigenvalue weighted by molar-refractivity contribution is -0.134. The Morgan fingerprint density at radius 2 is 2.04 bits per heavy atom. The molecule has 0 aliphatic carbocycles. The van der Waals surface area contributed by atoms with E-state index < -0.39 is 0 Å². The molecule has 3 rings (SSSR count). The fourth-order valence-corrected chi connectivity index (χ4v) is 4.17. The van der Waals surface area contributed by atoms with Crippen LogP contribution in [0.4, 0.5) is 0 Å². The van der Waals surface area contributed by atoms with Crippen LogP contribution < -0.4 is 5.73 Å². The minimum absolute atomic E-state index is 0. The second-order valence-electron chi connectivity index (χ2n) is 6.68. The van der Waals surface area contributed by atoms with Crippen LogP contribution in [0, 0.1) is 5.92 Å². The second kappa shape index (κ2) is 10.9. The van der Waals surface area contributed by atoms with Gasteiger partial charge in [-0.25, -0.2) is 4.98 Å². The highest BCUT2D eigenvalue weighted by Crippen LogP contribution is 2.23. The van der Waals surface area contributed by atoms with Gasteiger partial charge in [0.15, 0.2) is 0 Å². The van der Waals surface area contributed by atoms with Gasteiger partial charge in [0.05, 0.1) is 17.1 Å². The Kier molecular flexibility index (Phi) is 9.58. The summed E-state index contributed by atoms with van der Waals surface area (Å²) < 4.78 is 0. The number of hydrogen-bond donors (Lipinski definition) is 1. The molecule has 1 fully saturated rings. The number of hydrogen-bond acceptors (Lipinski definition) is 4. The van der Waals surface area contributed by atoms with Gasteiger partial charge in [-0.15, -0.1) is 36.2 Å². The van der Waals surface area contributed by atoms with Crippen LogP contribution in [0.3, 0.4) is 0 Å². The zero-order valence-corrected chi connectivity index (χ0v) is 17.4. The molecule has 0 bridgehead atoms. The molecule has 0 saturated carbocycles. The van der Waals surface area contributed by atoms with E-state index in [1.165, 1.54) is 5.56 Å². The fourth-order valence-electron chi connectivity index (χ4n) is 3.34. The lowest BCUT2D eigenvalue weighted by Crippen LogP contribution is -2.49. The molecule has 2 heterocycles. The van der Waals surface area contributed by atoms with Gasteiger partial charge in [-0.1, -0.05) is 37.3 Å². The molecule has 1 saturated heterocycles. The van der Waals surface area contributed by atoms with Gasteiger partial charge in [0.1, 0.15) is 0 Å². The highest BCUT2D eigenvalue weighted by Gasteiger charge is 2.29. The summed E-state index contributed by atoms with van der Waals surface area (Å²) in [5.41, 5.74) is 8.00. The fraction of sp³-hybridized carbons (Fsp3) is 0.474. The maximum absolute atomic E-state index is 12.6. The van der Waals surface area contributed by atoms with E-state index in [0.29, 0.717) is 18.9 Å². The Morgan fingerprint density at radius 3 is 2.73 bits per heavy atom. The molecule has 26 heavy (non-hydrogen) atoms.